The number of aromatic nitrogens is 1. The number of nitrogens with zero attached hydrogens (tertiary/aromatic N) is 2. The number of hydrogen-bond donors (Lipinski definition) is 1. The molecule has 0 aliphatic heterocycles. The molecule has 4 nitrogen and oxygen atoms in total. The summed E-state index contributed by atoms with van der Waals surface area (Å²) in [6, 6.07) is 0.0486. The number of thiazole rings is 1. The molecule has 0 saturated heterocycles. The van der Waals surface area contributed by atoms with Crippen LogP contribution in [0.25, 0.3) is 0 Å². The summed E-state index contributed by atoms with van der Waals surface area (Å²) < 4.78 is 0. The van der Waals surface area contributed by atoms with E-state index < -0.39 is 0 Å². The van der Waals surface area contributed by atoms with Crippen LogP contribution in [0.4, 0.5) is 0 Å². The van der Waals surface area contributed by atoms with E-state index in [0.29, 0.717) is 6.54 Å². The number of rotatable bonds is 3. The van der Waals surface area contributed by atoms with Gasteiger partial charge in [-0.2, -0.15) is 0 Å². The molecule has 1 saturated carbocycles. The molecule has 7 heteroatoms. The average Bonchev–Trinajstić information content (AvgIpc) is 2.88. The molecular weight excluding hydrogens is 305 g/mol. The molecule has 1 aliphatic rings. The maximum absolute atomic E-state index is 12.2. The van der Waals surface area contributed by atoms with Gasteiger partial charge in [0.15, 0.2) is 0 Å². The monoisotopic (exact) mass is 325 g/mol. The van der Waals surface area contributed by atoms with Gasteiger partial charge in [-0.1, -0.05) is 6.42 Å². The van der Waals surface area contributed by atoms with Crippen LogP contribution in [0.5, 0.6) is 0 Å². The Morgan fingerprint density at radius 2 is 2.21 bits per heavy atom. The van der Waals surface area contributed by atoms with Crippen LogP contribution in [-0.4, -0.2) is 28.9 Å². The van der Waals surface area contributed by atoms with Gasteiger partial charge in [0.2, 0.25) is 5.91 Å². The van der Waals surface area contributed by atoms with Gasteiger partial charge in [0.25, 0.3) is 0 Å². The maximum Gasteiger partial charge on any atom is 0.227 e. The molecular formula is C12H21Cl2N3OS. The fraction of sp³-hybridized carbons (Fsp3) is 0.667. The van der Waals surface area contributed by atoms with E-state index in [4.69, 9.17) is 5.73 Å². The minimum atomic E-state index is 0. The molecule has 2 rings (SSSR count). The molecule has 2 N–H and O–H groups in total. The van der Waals surface area contributed by atoms with E-state index in [1.54, 1.807) is 16.2 Å². The van der Waals surface area contributed by atoms with E-state index in [2.05, 4.69) is 4.98 Å². The van der Waals surface area contributed by atoms with Crippen molar-refractivity contribution < 1.29 is 4.79 Å². The fourth-order valence-electron chi connectivity index (χ4n) is 2.35. The Bertz CT molecular complexity index is 413. The van der Waals surface area contributed by atoms with Gasteiger partial charge >= 0.3 is 0 Å². The smallest absolute Gasteiger partial charge is 0.227 e. The van der Waals surface area contributed by atoms with Gasteiger partial charge in [0.1, 0.15) is 0 Å². The Hall–Kier alpha value is -0.360. The molecule has 1 amide bonds. The van der Waals surface area contributed by atoms with E-state index >= 15 is 0 Å². The van der Waals surface area contributed by atoms with Crippen molar-refractivity contribution in [2.75, 3.05) is 7.05 Å². The first-order chi connectivity index (χ1) is 8.09. The third-order valence-corrected chi connectivity index (χ3v) is 4.41. The van der Waals surface area contributed by atoms with Crippen LogP contribution in [-0.2, 0) is 11.3 Å². The number of halogens is 2. The summed E-state index contributed by atoms with van der Waals surface area (Å²) in [5, 5.41) is 0. The lowest BCUT2D eigenvalue weighted by molar-refractivity contribution is -0.134. The summed E-state index contributed by atoms with van der Waals surface area (Å²) in [4.78, 5) is 19.4. The van der Waals surface area contributed by atoms with Gasteiger partial charge < -0.3 is 10.6 Å². The topological polar surface area (TPSA) is 59.2 Å². The molecule has 1 fully saturated rings. The zero-order chi connectivity index (χ0) is 12.4. The molecule has 1 heterocycles. The van der Waals surface area contributed by atoms with E-state index in [0.717, 1.165) is 29.8 Å². The zero-order valence-corrected chi connectivity index (χ0v) is 13.6. The van der Waals surface area contributed by atoms with Crippen LogP contribution in [0.2, 0.25) is 0 Å². The van der Waals surface area contributed by atoms with E-state index in [9.17, 15) is 4.79 Å². The molecule has 1 aliphatic carbocycles. The Morgan fingerprint density at radius 3 is 2.68 bits per heavy atom. The number of hydrogen-bond acceptors (Lipinski definition) is 4. The van der Waals surface area contributed by atoms with Gasteiger partial charge in [-0.3, -0.25) is 4.79 Å². The van der Waals surface area contributed by atoms with Gasteiger partial charge in [-0.25, -0.2) is 4.98 Å². The quantitative estimate of drug-likeness (QED) is 0.928. The molecule has 2 unspecified atom stereocenters. The van der Waals surface area contributed by atoms with Gasteiger partial charge in [0, 0.05) is 18.0 Å². The lowest BCUT2D eigenvalue weighted by Gasteiger charge is -2.23. The molecule has 0 bridgehead atoms. The van der Waals surface area contributed by atoms with Crippen molar-refractivity contribution in [1.29, 1.82) is 0 Å². The standard InChI is InChI=1S/C12H19N3OS.2ClH/c1-8-11(17-7-14-8)6-15(2)12(16)9-4-3-5-10(9)13;;/h7,9-10H,3-6,13H2,1-2H3;2*1H. The zero-order valence-electron chi connectivity index (χ0n) is 11.2. The second-order valence-corrected chi connectivity index (χ2v) is 5.70. The normalized spacial score (nSPS) is 21.4. The summed E-state index contributed by atoms with van der Waals surface area (Å²) in [5.74, 6) is 0.205. The van der Waals surface area contributed by atoms with E-state index in [1.807, 2.05) is 19.5 Å². The Kier molecular flexibility index (Phi) is 7.89. The number of amides is 1. The van der Waals surface area contributed by atoms with Crippen molar-refractivity contribution in [3.05, 3.63) is 16.1 Å². The first kappa shape index (κ1) is 18.6. The van der Waals surface area contributed by atoms with Crippen molar-refractivity contribution in [3.8, 4) is 0 Å². The van der Waals surface area contributed by atoms with Crippen LogP contribution >= 0.6 is 36.2 Å². The minimum absolute atomic E-state index is 0. The first-order valence-electron chi connectivity index (χ1n) is 5.99. The molecule has 1 aromatic rings. The number of carbonyl (C=O) groups excluding carboxylic acids is 1. The van der Waals surface area contributed by atoms with E-state index in [1.165, 1.54) is 0 Å². The van der Waals surface area contributed by atoms with Crippen molar-refractivity contribution in [2.45, 2.75) is 38.8 Å². The van der Waals surface area contributed by atoms with Crippen LogP contribution < -0.4 is 5.73 Å². The SMILES string of the molecule is Cc1ncsc1CN(C)C(=O)C1CCCC1N.Cl.Cl. The second-order valence-electron chi connectivity index (χ2n) is 4.76. The Labute approximate surface area is 130 Å². The highest BCUT2D eigenvalue weighted by atomic mass is 35.5. The molecule has 1 aromatic heterocycles. The third kappa shape index (κ3) is 4.31. The highest BCUT2D eigenvalue weighted by Gasteiger charge is 2.32. The highest BCUT2D eigenvalue weighted by molar-refractivity contribution is 7.09. The van der Waals surface area contributed by atoms with Gasteiger partial charge in [0.05, 0.1) is 23.7 Å². The van der Waals surface area contributed by atoms with Crippen molar-refractivity contribution in [1.82, 2.24) is 9.88 Å². The lowest BCUT2D eigenvalue weighted by atomic mass is 10.0. The second kappa shape index (κ2) is 8.04. The van der Waals surface area contributed by atoms with Crippen molar-refractivity contribution >= 4 is 42.1 Å². The van der Waals surface area contributed by atoms with Crippen LogP contribution in [0.1, 0.15) is 29.8 Å². The average molecular weight is 326 g/mol. The molecule has 0 radical (unpaired) electrons. The minimum Gasteiger partial charge on any atom is -0.340 e. The van der Waals surface area contributed by atoms with Gasteiger partial charge in [-0.05, 0) is 19.8 Å². The summed E-state index contributed by atoms with van der Waals surface area (Å²) in [7, 11) is 1.85. The Morgan fingerprint density at radius 1 is 1.53 bits per heavy atom. The number of carbonyl (C=O) groups is 1. The largest absolute Gasteiger partial charge is 0.340 e. The van der Waals surface area contributed by atoms with Crippen molar-refractivity contribution in [2.24, 2.45) is 11.7 Å². The van der Waals surface area contributed by atoms with E-state index in [-0.39, 0.29) is 42.7 Å². The molecule has 110 valence electrons. The first-order valence-corrected chi connectivity index (χ1v) is 6.87. The predicted molar refractivity (Wildman–Crippen MR) is 83.1 cm³/mol. The summed E-state index contributed by atoms with van der Waals surface area (Å²) >= 11 is 1.60. The molecule has 0 spiro atoms. The molecule has 0 aromatic carbocycles. The summed E-state index contributed by atoms with van der Waals surface area (Å²) in [5.41, 5.74) is 8.81. The summed E-state index contributed by atoms with van der Waals surface area (Å²) in [6.45, 7) is 2.63. The Balaban J connectivity index is 0.00000162. The summed E-state index contributed by atoms with van der Waals surface area (Å²) in [6.07, 6.45) is 2.99. The van der Waals surface area contributed by atoms with Crippen LogP contribution in [0, 0.1) is 12.8 Å². The predicted octanol–water partition coefficient (Wildman–Crippen LogP) is 2.38. The van der Waals surface area contributed by atoms with Crippen LogP contribution in [0.15, 0.2) is 5.51 Å². The molecule has 19 heavy (non-hydrogen) atoms. The fourth-order valence-corrected chi connectivity index (χ4v) is 3.18. The van der Waals surface area contributed by atoms with Crippen molar-refractivity contribution in [3.63, 3.8) is 0 Å². The maximum atomic E-state index is 12.2. The number of nitrogens with two attached hydrogens (primary N) is 1. The molecule has 2 atom stereocenters. The number of aryl methyl sites for hydroxylation is 1. The van der Waals surface area contributed by atoms with Crippen LogP contribution in [0.3, 0.4) is 0 Å². The highest BCUT2D eigenvalue weighted by Crippen LogP contribution is 2.26. The lowest BCUT2D eigenvalue weighted by Crippen LogP contribution is -2.39. The third-order valence-electron chi connectivity index (χ3n) is 3.49. The van der Waals surface area contributed by atoms with Gasteiger partial charge in [-0.15, -0.1) is 36.2 Å².